The van der Waals surface area contributed by atoms with Crippen LogP contribution in [0.5, 0.6) is 0 Å². The highest BCUT2D eigenvalue weighted by atomic mass is 35.5. The highest BCUT2D eigenvalue weighted by Gasteiger charge is 2.28. The molecule has 1 unspecified atom stereocenters. The van der Waals surface area contributed by atoms with Crippen molar-refractivity contribution < 1.29 is 13.2 Å². The standard InChI is InChI=1S/C27H36ClN3O3S/c1-18-4-3-5-25(26(18)28)19(2)30-27(32)31-23-12-14-24(15-13-23)35(33,34)17-21-8-10-22(11-9-21)29-16-20-6-7-20/h3-5,12-15,19-22,29H,6-11,16-17H2,1-2H3,(H2,30,31,32). The fourth-order valence-corrected chi connectivity index (χ4v) is 6.77. The van der Waals surface area contributed by atoms with E-state index in [2.05, 4.69) is 16.0 Å². The van der Waals surface area contributed by atoms with E-state index >= 15 is 0 Å². The molecule has 3 N–H and O–H groups in total. The van der Waals surface area contributed by atoms with Gasteiger partial charge in [0.1, 0.15) is 0 Å². The van der Waals surface area contributed by atoms with Gasteiger partial charge in [-0.2, -0.15) is 0 Å². The maximum absolute atomic E-state index is 13.0. The van der Waals surface area contributed by atoms with Gasteiger partial charge in [0.15, 0.2) is 9.84 Å². The van der Waals surface area contributed by atoms with Gasteiger partial charge in [-0.25, -0.2) is 13.2 Å². The van der Waals surface area contributed by atoms with Crippen LogP contribution >= 0.6 is 11.6 Å². The van der Waals surface area contributed by atoms with Crippen molar-refractivity contribution in [2.45, 2.75) is 69.4 Å². The van der Waals surface area contributed by atoms with Gasteiger partial charge in [-0.05, 0) is 106 Å². The van der Waals surface area contributed by atoms with E-state index in [1.165, 1.54) is 12.8 Å². The highest BCUT2D eigenvalue weighted by molar-refractivity contribution is 7.91. The van der Waals surface area contributed by atoms with E-state index in [9.17, 15) is 13.2 Å². The van der Waals surface area contributed by atoms with Gasteiger partial charge in [0.2, 0.25) is 0 Å². The lowest BCUT2D eigenvalue weighted by atomic mass is 9.87. The third kappa shape index (κ3) is 7.21. The first kappa shape index (κ1) is 26.0. The number of benzene rings is 2. The predicted molar refractivity (Wildman–Crippen MR) is 142 cm³/mol. The van der Waals surface area contributed by atoms with E-state index < -0.39 is 9.84 Å². The SMILES string of the molecule is Cc1cccc(C(C)NC(=O)Nc2ccc(S(=O)(=O)CC3CCC(NCC4CC4)CC3)cc2)c1Cl. The molecule has 0 radical (unpaired) electrons. The lowest BCUT2D eigenvalue weighted by Crippen LogP contribution is -2.35. The topological polar surface area (TPSA) is 87.3 Å². The monoisotopic (exact) mass is 517 g/mol. The average molecular weight is 518 g/mol. The van der Waals surface area contributed by atoms with Gasteiger partial charge >= 0.3 is 6.03 Å². The van der Waals surface area contributed by atoms with Crippen LogP contribution in [0.25, 0.3) is 0 Å². The molecule has 2 fully saturated rings. The minimum atomic E-state index is -3.37. The molecule has 2 aliphatic rings. The van der Waals surface area contributed by atoms with Crippen molar-refractivity contribution in [2.24, 2.45) is 11.8 Å². The Morgan fingerprint density at radius 3 is 2.31 bits per heavy atom. The van der Waals surface area contributed by atoms with Crippen molar-refractivity contribution in [2.75, 3.05) is 17.6 Å². The number of rotatable bonds is 9. The quantitative estimate of drug-likeness (QED) is 0.388. The van der Waals surface area contributed by atoms with Crippen LogP contribution in [0.15, 0.2) is 47.4 Å². The van der Waals surface area contributed by atoms with E-state index in [4.69, 9.17) is 11.6 Å². The Morgan fingerprint density at radius 1 is 1.00 bits per heavy atom. The summed E-state index contributed by atoms with van der Waals surface area (Å²) in [6.07, 6.45) is 6.70. The lowest BCUT2D eigenvalue weighted by molar-refractivity contribution is 0.249. The average Bonchev–Trinajstić information content (AvgIpc) is 3.65. The summed E-state index contributed by atoms with van der Waals surface area (Å²) in [6.45, 7) is 4.91. The van der Waals surface area contributed by atoms with Gasteiger partial charge in [0, 0.05) is 16.8 Å². The van der Waals surface area contributed by atoms with Gasteiger partial charge in [-0.3, -0.25) is 0 Å². The Kier molecular flexibility index (Phi) is 8.40. The molecule has 2 amide bonds. The number of carbonyl (C=O) groups excluding carboxylic acids is 1. The largest absolute Gasteiger partial charge is 0.331 e. The summed E-state index contributed by atoms with van der Waals surface area (Å²) in [5, 5.41) is 9.93. The Hall–Kier alpha value is -2.09. The summed E-state index contributed by atoms with van der Waals surface area (Å²) >= 11 is 6.36. The summed E-state index contributed by atoms with van der Waals surface area (Å²) in [5.74, 6) is 1.26. The first-order chi connectivity index (χ1) is 16.7. The van der Waals surface area contributed by atoms with Crippen molar-refractivity contribution in [3.8, 4) is 0 Å². The molecule has 0 spiro atoms. The molecule has 1 atom stereocenters. The maximum Gasteiger partial charge on any atom is 0.319 e. The number of anilines is 1. The molecule has 0 saturated heterocycles. The molecule has 6 nitrogen and oxygen atoms in total. The molecule has 190 valence electrons. The molecule has 2 aromatic rings. The van der Waals surface area contributed by atoms with E-state index in [1.807, 2.05) is 32.0 Å². The first-order valence-corrected chi connectivity index (χ1v) is 14.6. The third-order valence-electron chi connectivity index (χ3n) is 7.20. The molecule has 0 aromatic heterocycles. The second kappa shape index (κ2) is 11.3. The van der Waals surface area contributed by atoms with E-state index in [-0.39, 0.29) is 23.7 Å². The normalized spacial score (nSPS) is 21.3. The zero-order valence-electron chi connectivity index (χ0n) is 20.5. The minimum Gasteiger partial charge on any atom is -0.331 e. The molecule has 2 aliphatic carbocycles. The number of aryl methyl sites for hydroxylation is 1. The number of urea groups is 1. The third-order valence-corrected chi connectivity index (χ3v) is 9.62. The van der Waals surface area contributed by atoms with Crippen LogP contribution in [-0.4, -0.2) is 32.8 Å². The molecule has 0 aliphatic heterocycles. The summed E-state index contributed by atoms with van der Waals surface area (Å²) in [7, 11) is -3.37. The Balaban J connectivity index is 1.26. The van der Waals surface area contributed by atoms with E-state index in [0.29, 0.717) is 21.6 Å². The molecule has 35 heavy (non-hydrogen) atoms. The van der Waals surface area contributed by atoms with Crippen molar-refractivity contribution in [1.29, 1.82) is 0 Å². The Labute approximate surface area is 214 Å². The van der Waals surface area contributed by atoms with Crippen LogP contribution < -0.4 is 16.0 Å². The molecule has 2 saturated carbocycles. The number of nitrogens with one attached hydrogen (secondary N) is 3. The van der Waals surface area contributed by atoms with Gasteiger partial charge in [-0.15, -0.1) is 0 Å². The van der Waals surface area contributed by atoms with Crippen molar-refractivity contribution in [3.05, 3.63) is 58.6 Å². The van der Waals surface area contributed by atoms with Crippen LogP contribution in [0.1, 0.15) is 62.6 Å². The number of hydrogen-bond acceptors (Lipinski definition) is 4. The van der Waals surface area contributed by atoms with Crippen molar-refractivity contribution >= 4 is 33.2 Å². The number of amides is 2. The zero-order chi connectivity index (χ0) is 25.0. The van der Waals surface area contributed by atoms with Crippen molar-refractivity contribution in [1.82, 2.24) is 10.6 Å². The summed E-state index contributed by atoms with van der Waals surface area (Å²) in [6, 6.07) is 12.0. The first-order valence-electron chi connectivity index (χ1n) is 12.6. The Bertz CT molecular complexity index is 1120. The van der Waals surface area contributed by atoms with Crippen molar-refractivity contribution in [3.63, 3.8) is 0 Å². The van der Waals surface area contributed by atoms with Gasteiger partial charge < -0.3 is 16.0 Å². The van der Waals surface area contributed by atoms with Crippen LogP contribution in [0.2, 0.25) is 5.02 Å². The Morgan fingerprint density at radius 2 is 1.66 bits per heavy atom. The predicted octanol–water partition coefficient (Wildman–Crippen LogP) is 5.86. The fourth-order valence-electron chi connectivity index (χ4n) is 4.79. The van der Waals surface area contributed by atoms with E-state index in [0.717, 1.165) is 49.3 Å². The van der Waals surface area contributed by atoms with Crippen LogP contribution in [0.4, 0.5) is 10.5 Å². The second-order valence-electron chi connectivity index (χ2n) is 10.2. The van der Waals surface area contributed by atoms with Crippen LogP contribution in [0.3, 0.4) is 0 Å². The number of sulfone groups is 1. The molecule has 4 rings (SSSR count). The molecule has 0 bridgehead atoms. The summed E-state index contributed by atoms with van der Waals surface area (Å²) in [4.78, 5) is 12.8. The molecule has 0 heterocycles. The van der Waals surface area contributed by atoms with Gasteiger partial charge in [0.25, 0.3) is 0 Å². The highest BCUT2D eigenvalue weighted by Crippen LogP contribution is 2.31. The summed E-state index contributed by atoms with van der Waals surface area (Å²) in [5.41, 5.74) is 2.33. The van der Waals surface area contributed by atoms with Crippen LogP contribution in [0, 0.1) is 18.8 Å². The minimum absolute atomic E-state index is 0.185. The molecular weight excluding hydrogens is 482 g/mol. The van der Waals surface area contributed by atoms with Gasteiger partial charge in [0.05, 0.1) is 16.7 Å². The molecular formula is C27H36ClN3O3S. The second-order valence-corrected chi connectivity index (χ2v) is 12.6. The summed E-state index contributed by atoms with van der Waals surface area (Å²) < 4.78 is 25.9. The lowest BCUT2D eigenvalue weighted by Gasteiger charge is -2.29. The number of hydrogen-bond donors (Lipinski definition) is 3. The van der Waals surface area contributed by atoms with Gasteiger partial charge in [-0.1, -0.05) is 29.8 Å². The zero-order valence-corrected chi connectivity index (χ0v) is 22.1. The maximum atomic E-state index is 13.0. The molecule has 8 heteroatoms. The number of halogens is 1. The fraction of sp³-hybridized carbons (Fsp3) is 0.519. The van der Waals surface area contributed by atoms with Crippen LogP contribution in [-0.2, 0) is 9.84 Å². The smallest absolute Gasteiger partial charge is 0.319 e. The molecule has 2 aromatic carbocycles. The van der Waals surface area contributed by atoms with E-state index in [1.54, 1.807) is 24.3 Å². The number of carbonyl (C=O) groups is 1.